The molecule has 2 aromatic carbocycles. The average molecular weight is 390 g/mol. The van der Waals surface area contributed by atoms with E-state index < -0.39 is 11.6 Å². The normalized spacial score (nSPS) is 11.7. The number of hydrogen-bond acceptors (Lipinski definition) is 6. The number of fused-ring (bicyclic) bond motifs is 2. The van der Waals surface area contributed by atoms with Crippen molar-refractivity contribution in [1.29, 1.82) is 0 Å². The number of para-hydroxylation sites is 2. The maximum absolute atomic E-state index is 13.0. The van der Waals surface area contributed by atoms with Gasteiger partial charge in [-0.3, -0.25) is 4.57 Å². The van der Waals surface area contributed by atoms with Gasteiger partial charge in [-0.25, -0.2) is 14.8 Å². The molecule has 0 fully saturated rings. The minimum atomic E-state index is -0.664. The first-order valence-corrected chi connectivity index (χ1v) is 9.23. The van der Waals surface area contributed by atoms with E-state index in [-0.39, 0.29) is 11.4 Å². The highest BCUT2D eigenvalue weighted by Crippen LogP contribution is 2.32. The summed E-state index contributed by atoms with van der Waals surface area (Å²) in [5.74, 6) is 0.416. The topological polar surface area (TPSA) is 92.3 Å². The number of methoxy groups -OCH3 is 1. The number of nitrogens with two attached hydrogens (primary N) is 1. The number of benzene rings is 2. The first kappa shape index (κ1) is 18.7. The van der Waals surface area contributed by atoms with Crippen molar-refractivity contribution < 1.29 is 14.3 Å². The number of rotatable bonds is 3. The maximum atomic E-state index is 13.0. The summed E-state index contributed by atoms with van der Waals surface area (Å²) in [6.45, 7) is 5.43. The van der Waals surface area contributed by atoms with Gasteiger partial charge in [0.2, 0.25) is 0 Å². The van der Waals surface area contributed by atoms with Gasteiger partial charge in [-0.15, -0.1) is 0 Å². The van der Waals surface area contributed by atoms with E-state index >= 15 is 0 Å². The fourth-order valence-electron chi connectivity index (χ4n) is 3.18. The molecular formula is C22H22N4O3. The SMILES string of the molecule is COc1ccc(-n2c(N)c(C(=O)OC(C)(C)C)c3nc4ccccc4nc32)cc1. The van der Waals surface area contributed by atoms with Gasteiger partial charge < -0.3 is 15.2 Å². The molecule has 7 heteroatoms. The molecule has 0 aliphatic rings. The molecule has 0 bridgehead atoms. The molecule has 0 saturated carbocycles. The molecule has 29 heavy (non-hydrogen) atoms. The summed E-state index contributed by atoms with van der Waals surface area (Å²) in [6.07, 6.45) is 0. The number of esters is 1. The van der Waals surface area contributed by atoms with Crippen LogP contribution in [0.2, 0.25) is 0 Å². The van der Waals surface area contributed by atoms with E-state index in [2.05, 4.69) is 4.98 Å². The first-order chi connectivity index (χ1) is 13.8. The lowest BCUT2D eigenvalue weighted by Crippen LogP contribution is -2.24. The van der Waals surface area contributed by atoms with E-state index in [4.69, 9.17) is 20.2 Å². The summed E-state index contributed by atoms with van der Waals surface area (Å²) in [6, 6.07) is 14.8. The van der Waals surface area contributed by atoms with Crippen molar-refractivity contribution in [1.82, 2.24) is 14.5 Å². The fraction of sp³-hybridized carbons (Fsp3) is 0.227. The number of nitrogen functional groups attached to an aromatic ring is 1. The summed E-state index contributed by atoms with van der Waals surface area (Å²) in [7, 11) is 1.60. The molecule has 2 aromatic heterocycles. The molecule has 2 heterocycles. The standard InChI is InChI=1S/C22H22N4O3/c1-22(2,3)29-21(27)17-18-20(25-16-8-6-5-7-15(16)24-18)26(19(17)23)13-9-11-14(28-4)12-10-13/h5-12H,23H2,1-4H3. The van der Waals surface area contributed by atoms with Gasteiger partial charge in [-0.05, 0) is 57.2 Å². The molecule has 0 unspecified atom stereocenters. The van der Waals surface area contributed by atoms with Gasteiger partial charge in [0, 0.05) is 5.69 Å². The third-order valence-electron chi connectivity index (χ3n) is 4.43. The van der Waals surface area contributed by atoms with Crippen molar-refractivity contribution in [3.8, 4) is 11.4 Å². The van der Waals surface area contributed by atoms with Gasteiger partial charge in [0.15, 0.2) is 5.65 Å². The van der Waals surface area contributed by atoms with Crippen molar-refractivity contribution in [2.24, 2.45) is 0 Å². The highest BCUT2D eigenvalue weighted by molar-refractivity contribution is 6.09. The van der Waals surface area contributed by atoms with Gasteiger partial charge in [-0.2, -0.15) is 0 Å². The zero-order valence-corrected chi connectivity index (χ0v) is 16.8. The Bertz CT molecular complexity index is 1220. The fourth-order valence-corrected chi connectivity index (χ4v) is 3.18. The van der Waals surface area contributed by atoms with E-state index in [0.717, 1.165) is 5.69 Å². The summed E-state index contributed by atoms with van der Waals surface area (Å²) in [5, 5.41) is 0. The number of carbonyl (C=O) groups is 1. The molecule has 0 aliphatic carbocycles. The van der Waals surface area contributed by atoms with Crippen molar-refractivity contribution in [2.45, 2.75) is 26.4 Å². The lowest BCUT2D eigenvalue weighted by molar-refractivity contribution is 0.00728. The van der Waals surface area contributed by atoms with Crippen molar-refractivity contribution in [3.05, 3.63) is 54.1 Å². The van der Waals surface area contributed by atoms with Crippen LogP contribution in [-0.2, 0) is 4.74 Å². The lowest BCUT2D eigenvalue weighted by atomic mass is 10.2. The minimum absolute atomic E-state index is 0.212. The molecule has 0 radical (unpaired) electrons. The number of ether oxygens (including phenoxy) is 2. The lowest BCUT2D eigenvalue weighted by Gasteiger charge is -2.19. The largest absolute Gasteiger partial charge is 0.497 e. The number of aromatic nitrogens is 3. The molecule has 2 N–H and O–H groups in total. The van der Waals surface area contributed by atoms with Gasteiger partial charge in [0.05, 0.1) is 18.1 Å². The number of anilines is 1. The van der Waals surface area contributed by atoms with E-state index in [1.807, 2.05) is 69.3 Å². The average Bonchev–Trinajstić information content (AvgIpc) is 2.95. The Hall–Kier alpha value is -3.61. The van der Waals surface area contributed by atoms with Crippen LogP contribution in [0.4, 0.5) is 5.82 Å². The molecule has 0 aliphatic heterocycles. The Morgan fingerprint density at radius 2 is 1.62 bits per heavy atom. The van der Waals surface area contributed by atoms with E-state index in [1.165, 1.54) is 0 Å². The summed E-state index contributed by atoms with van der Waals surface area (Å²) in [5.41, 5.74) is 9.03. The van der Waals surface area contributed by atoms with Crippen LogP contribution in [0, 0.1) is 0 Å². The third kappa shape index (κ3) is 3.35. The molecule has 0 saturated heterocycles. The minimum Gasteiger partial charge on any atom is -0.497 e. The first-order valence-electron chi connectivity index (χ1n) is 9.23. The van der Waals surface area contributed by atoms with Gasteiger partial charge in [0.1, 0.15) is 28.2 Å². The highest BCUT2D eigenvalue weighted by Gasteiger charge is 2.28. The van der Waals surface area contributed by atoms with Crippen LogP contribution in [0.1, 0.15) is 31.1 Å². The summed E-state index contributed by atoms with van der Waals surface area (Å²) >= 11 is 0. The summed E-state index contributed by atoms with van der Waals surface area (Å²) in [4.78, 5) is 22.4. The molecule has 4 aromatic rings. The molecule has 4 rings (SSSR count). The van der Waals surface area contributed by atoms with Crippen LogP contribution in [-0.4, -0.2) is 33.2 Å². The monoisotopic (exact) mass is 390 g/mol. The quantitative estimate of drug-likeness (QED) is 0.529. The second kappa shape index (κ2) is 6.77. The molecule has 7 nitrogen and oxygen atoms in total. The van der Waals surface area contributed by atoms with Gasteiger partial charge >= 0.3 is 5.97 Å². The zero-order chi connectivity index (χ0) is 20.8. The molecule has 148 valence electrons. The predicted molar refractivity (Wildman–Crippen MR) is 113 cm³/mol. The predicted octanol–water partition coefficient (Wildman–Crippen LogP) is 4.12. The Morgan fingerprint density at radius 3 is 2.21 bits per heavy atom. The van der Waals surface area contributed by atoms with E-state index in [9.17, 15) is 4.79 Å². The van der Waals surface area contributed by atoms with Crippen molar-refractivity contribution >= 4 is 34.0 Å². The molecule has 0 amide bonds. The number of hydrogen-bond donors (Lipinski definition) is 1. The molecular weight excluding hydrogens is 368 g/mol. The second-order valence-corrected chi connectivity index (χ2v) is 7.68. The maximum Gasteiger partial charge on any atom is 0.344 e. The third-order valence-corrected chi connectivity index (χ3v) is 4.43. The van der Waals surface area contributed by atoms with Crippen LogP contribution in [0.15, 0.2) is 48.5 Å². The smallest absolute Gasteiger partial charge is 0.344 e. The Morgan fingerprint density at radius 1 is 1.00 bits per heavy atom. The Labute approximate surface area is 168 Å². The van der Waals surface area contributed by atoms with E-state index in [1.54, 1.807) is 11.7 Å². The van der Waals surface area contributed by atoms with Gasteiger partial charge in [0.25, 0.3) is 0 Å². The highest BCUT2D eigenvalue weighted by atomic mass is 16.6. The summed E-state index contributed by atoms with van der Waals surface area (Å²) < 4.78 is 12.5. The van der Waals surface area contributed by atoms with Gasteiger partial charge in [-0.1, -0.05) is 12.1 Å². The second-order valence-electron chi connectivity index (χ2n) is 7.68. The molecule has 0 atom stereocenters. The van der Waals surface area contributed by atoms with E-state index in [0.29, 0.717) is 27.9 Å². The van der Waals surface area contributed by atoms with Crippen molar-refractivity contribution in [2.75, 3.05) is 12.8 Å². The number of nitrogens with zero attached hydrogens (tertiary/aromatic N) is 3. The van der Waals surface area contributed by atoms with Crippen LogP contribution >= 0.6 is 0 Å². The number of carbonyl (C=O) groups excluding carboxylic acids is 1. The van der Waals surface area contributed by atoms with Crippen LogP contribution in [0.5, 0.6) is 5.75 Å². The Balaban J connectivity index is 2.02. The van der Waals surface area contributed by atoms with Crippen LogP contribution < -0.4 is 10.5 Å². The van der Waals surface area contributed by atoms with Crippen LogP contribution in [0.3, 0.4) is 0 Å². The Kier molecular flexibility index (Phi) is 4.38. The van der Waals surface area contributed by atoms with Crippen molar-refractivity contribution in [3.63, 3.8) is 0 Å². The van der Waals surface area contributed by atoms with Crippen LogP contribution in [0.25, 0.3) is 27.9 Å². The molecule has 0 spiro atoms. The zero-order valence-electron chi connectivity index (χ0n) is 16.8.